The van der Waals surface area contributed by atoms with Crippen molar-refractivity contribution in [3.63, 3.8) is 0 Å². The molecule has 80 valence electrons. The predicted molar refractivity (Wildman–Crippen MR) is 79.5 cm³/mol. The van der Waals surface area contributed by atoms with Crippen LogP contribution in [0.1, 0.15) is 19.5 Å². The molecule has 0 aliphatic carbocycles. The zero-order valence-corrected chi connectivity index (χ0v) is 14.2. The first-order chi connectivity index (χ1) is 7.08. The molecular weight excluding hydrogens is 424 g/mol. The SMILES string of the molecule is Cc1ccc(C(Br)c2cc(Br)c(Br)s2)s1. The molecule has 0 amide bonds. The zero-order chi connectivity index (χ0) is 11.0. The van der Waals surface area contributed by atoms with Gasteiger partial charge in [-0.15, -0.1) is 22.7 Å². The van der Waals surface area contributed by atoms with Crippen LogP contribution < -0.4 is 0 Å². The molecule has 0 bridgehead atoms. The van der Waals surface area contributed by atoms with Gasteiger partial charge in [-0.2, -0.15) is 0 Å². The van der Waals surface area contributed by atoms with Crippen LogP contribution in [0.3, 0.4) is 0 Å². The second-order valence-corrected chi connectivity index (χ2v) is 8.57. The monoisotopic (exact) mass is 428 g/mol. The smallest absolute Gasteiger partial charge is 0.0843 e. The molecule has 0 aromatic carbocycles. The van der Waals surface area contributed by atoms with Crippen LogP contribution in [-0.4, -0.2) is 0 Å². The lowest BCUT2D eigenvalue weighted by atomic mass is 10.3. The molecule has 2 rings (SSSR count). The van der Waals surface area contributed by atoms with E-state index in [-0.39, 0.29) is 0 Å². The molecular formula is C10H7Br3S2. The number of alkyl halides is 1. The van der Waals surface area contributed by atoms with Crippen LogP contribution >= 0.6 is 70.5 Å². The zero-order valence-electron chi connectivity index (χ0n) is 7.76. The highest BCUT2D eigenvalue weighted by Crippen LogP contribution is 2.42. The number of halogens is 3. The van der Waals surface area contributed by atoms with Gasteiger partial charge in [0.1, 0.15) is 0 Å². The molecule has 0 saturated heterocycles. The summed E-state index contributed by atoms with van der Waals surface area (Å²) in [5.74, 6) is 0. The fourth-order valence-corrected chi connectivity index (χ4v) is 5.10. The van der Waals surface area contributed by atoms with E-state index in [4.69, 9.17) is 0 Å². The molecule has 0 nitrogen and oxygen atoms in total. The summed E-state index contributed by atoms with van der Waals surface area (Å²) < 4.78 is 2.27. The third kappa shape index (κ3) is 2.75. The molecule has 0 spiro atoms. The van der Waals surface area contributed by atoms with Crippen molar-refractivity contribution < 1.29 is 0 Å². The Hall–Kier alpha value is 0.840. The van der Waals surface area contributed by atoms with Crippen molar-refractivity contribution in [2.75, 3.05) is 0 Å². The molecule has 0 aliphatic rings. The minimum absolute atomic E-state index is 0.309. The van der Waals surface area contributed by atoms with Crippen LogP contribution in [-0.2, 0) is 0 Å². The van der Waals surface area contributed by atoms with Crippen molar-refractivity contribution in [2.24, 2.45) is 0 Å². The van der Waals surface area contributed by atoms with E-state index in [0.717, 1.165) is 8.26 Å². The number of hydrogen-bond acceptors (Lipinski definition) is 2. The van der Waals surface area contributed by atoms with Gasteiger partial charge in [0, 0.05) is 19.1 Å². The molecule has 2 aromatic heterocycles. The molecule has 2 aromatic rings. The summed E-state index contributed by atoms with van der Waals surface area (Å²) in [6.07, 6.45) is 0. The fraction of sp³-hybridized carbons (Fsp3) is 0.200. The normalized spacial score (nSPS) is 13.1. The van der Waals surface area contributed by atoms with Crippen molar-refractivity contribution in [1.29, 1.82) is 0 Å². The van der Waals surface area contributed by atoms with Gasteiger partial charge in [-0.1, -0.05) is 15.9 Å². The van der Waals surface area contributed by atoms with E-state index in [1.807, 2.05) is 11.3 Å². The Morgan fingerprint density at radius 3 is 2.33 bits per heavy atom. The highest BCUT2D eigenvalue weighted by Gasteiger charge is 2.16. The van der Waals surface area contributed by atoms with Crippen molar-refractivity contribution >= 4 is 70.5 Å². The lowest BCUT2D eigenvalue weighted by molar-refractivity contribution is 1.28. The number of thiophene rings is 2. The largest absolute Gasteiger partial charge is 0.144 e. The number of rotatable bonds is 2. The summed E-state index contributed by atoms with van der Waals surface area (Å²) in [4.78, 5) is 4.33. The van der Waals surface area contributed by atoms with Crippen LogP contribution in [0.4, 0.5) is 0 Å². The maximum Gasteiger partial charge on any atom is 0.0843 e. The van der Waals surface area contributed by atoms with Crippen LogP contribution in [0.15, 0.2) is 26.5 Å². The Balaban J connectivity index is 2.31. The van der Waals surface area contributed by atoms with E-state index in [2.05, 4.69) is 72.9 Å². The van der Waals surface area contributed by atoms with Gasteiger partial charge in [-0.05, 0) is 57.0 Å². The van der Waals surface area contributed by atoms with Gasteiger partial charge < -0.3 is 0 Å². The summed E-state index contributed by atoms with van der Waals surface area (Å²) >= 11 is 14.3. The predicted octanol–water partition coefficient (Wildman–Crippen LogP) is 6.13. The summed E-state index contributed by atoms with van der Waals surface area (Å²) in [6, 6.07) is 6.50. The first kappa shape index (κ1) is 12.3. The van der Waals surface area contributed by atoms with Crippen LogP contribution in [0.2, 0.25) is 0 Å². The van der Waals surface area contributed by atoms with E-state index < -0.39 is 0 Å². The van der Waals surface area contributed by atoms with E-state index >= 15 is 0 Å². The highest BCUT2D eigenvalue weighted by molar-refractivity contribution is 9.13. The number of hydrogen-bond donors (Lipinski definition) is 0. The van der Waals surface area contributed by atoms with E-state index in [1.54, 1.807) is 11.3 Å². The van der Waals surface area contributed by atoms with Crippen LogP contribution in [0.25, 0.3) is 0 Å². The highest BCUT2D eigenvalue weighted by atomic mass is 79.9. The summed E-state index contributed by atoms with van der Waals surface area (Å²) in [5, 5.41) is 0. The summed E-state index contributed by atoms with van der Waals surface area (Å²) in [5.41, 5.74) is 0. The maximum atomic E-state index is 3.73. The average molecular weight is 431 g/mol. The third-order valence-electron chi connectivity index (χ3n) is 1.92. The van der Waals surface area contributed by atoms with Gasteiger partial charge >= 0.3 is 0 Å². The van der Waals surface area contributed by atoms with Crippen molar-refractivity contribution in [3.05, 3.63) is 41.1 Å². The first-order valence-electron chi connectivity index (χ1n) is 4.23. The van der Waals surface area contributed by atoms with Gasteiger partial charge in [0.05, 0.1) is 8.61 Å². The minimum atomic E-state index is 0.309. The van der Waals surface area contributed by atoms with Crippen LogP contribution in [0, 0.1) is 6.92 Å². The standard InChI is InChI=1S/C10H7Br3S2/c1-5-2-3-7(14-5)9(12)8-4-6(11)10(13)15-8/h2-4,9H,1H3. The molecule has 0 N–H and O–H groups in total. The molecule has 15 heavy (non-hydrogen) atoms. The summed E-state index contributed by atoms with van der Waals surface area (Å²) in [7, 11) is 0. The van der Waals surface area contributed by atoms with Crippen molar-refractivity contribution in [2.45, 2.75) is 11.8 Å². The lowest BCUT2D eigenvalue weighted by Gasteiger charge is -2.03. The van der Waals surface area contributed by atoms with Gasteiger partial charge in [0.15, 0.2) is 0 Å². The second kappa shape index (κ2) is 5.00. The maximum absolute atomic E-state index is 3.73. The first-order valence-corrected chi connectivity index (χ1v) is 8.36. The molecule has 2 heterocycles. The molecule has 1 unspecified atom stereocenters. The van der Waals surface area contributed by atoms with Gasteiger partial charge in [-0.25, -0.2) is 0 Å². The molecule has 0 aliphatic heterocycles. The molecule has 0 saturated carbocycles. The fourth-order valence-electron chi connectivity index (χ4n) is 1.22. The molecule has 1 atom stereocenters. The van der Waals surface area contributed by atoms with Gasteiger partial charge in [-0.3, -0.25) is 0 Å². The quantitative estimate of drug-likeness (QED) is 0.503. The Bertz CT molecular complexity index is 453. The molecule has 5 heteroatoms. The Morgan fingerprint density at radius 2 is 1.87 bits per heavy atom. The van der Waals surface area contributed by atoms with E-state index in [1.165, 1.54) is 14.6 Å². The Morgan fingerprint density at radius 1 is 1.13 bits per heavy atom. The third-order valence-corrected chi connectivity index (χ3v) is 7.90. The minimum Gasteiger partial charge on any atom is -0.144 e. The summed E-state index contributed by atoms with van der Waals surface area (Å²) in [6.45, 7) is 2.13. The van der Waals surface area contributed by atoms with Crippen molar-refractivity contribution in [1.82, 2.24) is 0 Å². The topological polar surface area (TPSA) is 0 Å². The van der Waals surface area contributed by atoms with Crippen molar-refractivity contribution in [3.8, 4) is 0 Å². The Kier molecular flexibility index (Phi) is 4.10. The molecule has 0 fully saturated rings. The Labute approximate surface area is 122 Å². The van der Waals surface area contributed by atoms with Crippen LogP contribution in [0.5, 0.6) is 0 Å². The molecule has 0 radical (unpaired) electrons. The van der Waals surface area contributed by atoms with Gasteiger partial charge in [0.25, 0.3) is 0 Å². The number of aryl methyl sites for hydroxylation is 1. The van der Waals surface area contributed by atoms with Gasteiger partial charge in [0.2, 0.25) is 0 Å². The lowest BCUT2D eigenvalue weighted by Crippen LogP contribution is -1.83. The van der Waals surface area contributed by atoms with E-state index in [0.29, 0.717) is 4.83 Å². The second-order valence-electron chi connectivity index (χ2n) is 3.08. The average Bonchev–Trinajstić information content (AvgIpc) is 2.74. The van der Waals surface area contributed by atoms with E-state index in [9.17, 15) is 0 Å².